The molecule has 0 spiro atoms. The Morgan fingerprint density at radius 3 is 2.89 bits per heavy atom. The Morgan fingerprint density at radius 1 is 1.39 bits per heavy atom. The van der Waals surface area contributed by atoms with Gasteiger partial charge in [-0.2, -0.15) is 5.10 Å². The molecule has 0 aliphatic rings. The zero-order chi connectivity index (χ0) is 13.0. The first-order chi connectivity index (χ1) is 8.66. The van der Waals surface area contributed by atoms with Gasteiger partial charge in [0.05, 0.1) is 11.3 Å². The summed E-state index contributed by atoms with van der Waals surface area (Å²) >= 11 is 0. The summed E-state index contributed by atoms with van der Waals surface area (Å²) in [6, 6.07) is 3.62. The van der Waals surface area contributed by atoms with Crippen LogP contribution in [0.5, 0.6) is 0 Å². The van der Waals surface area contributed by atoms with E-state index in [1.165, 1.54) is 6.33 Å². The summed E-state index contributed by atoms with van der Waals surface area (Å²) in [6.45, 7) is 4.25. The number of aromatic amines is 1. The van der Waals surface area contributed by atoms with Crippen LogP contribution in [0.4, 0.5) is 0 Å². The van der Waals surface area contributed by atoms with E-state index in [9.17, 15) is 4.79 Å². The third kappa shape index (κ3) is 2.91. The van der Waals surface area contributed by atoms with Crippen LogP contribution < -0.4 is 5.32 Å². The predicted octanol–water partition coefficient (Wildman–Crippen LogP) is 0.789. The molecule has 0 aromatic carbocycles. The average molecular weight is 245 g/mol. The van der Waals surface area contributed by atoms with Gasteiger partial charge in [0, 0.05) is 18.7 Å². The molecule has 2 heterocycles. The maximum Gasteiger partial charge on any atom is 0.253 e. The third-order valence-electron chi connectivity index (χ3n) is 2.58. The molecule has 2 rings (SSSR count). The molecule has 1 amide bonds. The Hall–Kier alpha value is -2.24. The van der Waals surface area contributed by atoms with Gasteiger partial charge in [0.2, 0.25) is 0 Å². The molecule has 2 aromatic rings. The molecule has 2 aromatic heterocycles. The van der Waals surface area contributed by atoms with Crippen molar-refractivity contribution in [2.45, 2.75) is 20.3 Å². The van der Waals surface area contributed by atoms with Crippen molar-refractivity contribution in [3.63, 3.8) is 0 Å². The molecule has 0 unspecified atom stereocenters. The Labute approximate surface area is 105 Å². The summed E-state index contributed by atoms with van der Waals surface area (Å²) in [5.74, 6) is 0.647. The van der Waals surface area contributed by atoms with Crippen LogP contribution in [-0.2, 0) is 6.42 Å². The molecule has 0 fully saturated rings. The lowest BCUT2D eigenvalue weighted by Crippen LogP contribution is -2.27. The average Bonchev–Trinajstić information content (AvgIpc) is 2.81. The first kappa shape index (κ1) is 12.2. The van der Waals surface area contributed by atoms with Crippen molar-refractivity contribution in [1.29, 1.82) is 0 Å². The number of H-pyrrole nitrogens is 1. The number of aromatic nitrogens is 4. The maximum atomic E-state index is 11.9. The molecular weight excluding hydrogens is 230 g/mol. The molecule has 0 aliphatic carbocycles. The quantitative estimate of drug-likeness (QED) is 0.834. The zero-order valence-corrected chi connectivity index (χ0v) is 10.4. The summed E-state index contributed by atoms with van der Waals surface area (Å²) in [5.41, 5.74) is 2.26. The van der Waals surface area contributed by atoms with E-state index in [4.69, 9.17) is 0 Å². The molecule has 0 radical (unpaired) electrons. The minimum Gasteiger partial charge on any atom is -0.352 e. The fraction of sp³-hybridized carbons (Fsp3) is 0.333. The van der Waals surface area contributed by atoms with Gasteiger partial charge in [-0.1, -0.05) is 0 Å². The van der Waals surface area contributed by atoms with Crippen molar-refractivity contribution >= 4 is 5.91 Å². The third-order valence-corrected chi connectivity index (χ3v) is 2.58. The first-order valence-corrected chi connectivity index (χ1v) is 5.73. The number of aryl methyl sites for hydroxylation is 2. The number of nitrogens with one attached hydrogen (secondary N) is 2. The van der Waals surface area contributed by atoms with Crippen LogP contribution in [0.3, 0.4) is 0 Å². The number of carbonyl (C=O) groups excluding carboxylic acids is 1. The standard InChI is InChI=1S/C12H15N5O/c1-8-3-4-10(9(2)16-8)12(18)13-6-5-11-14-7-15-17-11/h3-4,7H,5-6H2,1-2H3,(H,13,18)(H,14,15,17). The van der Waals surface area contributed by atoms with Gasteiger partial charge >= 0.3 is 0 Å². The fourth-order valence-electron chi connectivity index (χ4n) is 1.67. The number of amides is 1. The van der Waals surface area contributed by atoms with E-state index in [2.05, 4.69) is 25.5 Å². The van der Waals surface area contributed by atoms with Crippen molar-refractivity contribution in [3.8, 4) is 0 Å². The lowest BCUT2D eigenvalue weighted by molar-refractivity contribution is 0.0953. The van der Waals surface area contributed by atoms with Gasteiger partial charge in [0.1, 0.15) is 12.2 Å². The van der Waals surface area contributed by atoms with Crippen LogP contribution in [0.25, 0.3) is 0 Å². The van der Waals surface area contributed by atoms with E-state index < -0.39 is 0 Å². The predicted molar refractivity (Wildman–Crippen MR) is 66.1 cm³/mol. The van der Waals surface area contributed by atoms with Crippen LogP contribution in [0.15, 0.2) is 18.5 Å². The number of pyridine rings is 1. The molecule has 2 N–H and O–H groups in total. The SMILES string of the molecule is Cc1ccc(C(=O)NCCc2ncn[nH]2)c(C)n1. The van der Waals surface area contributed by atoms with E-state index in [0.29, 0.717) is 18.5 Å². The summed E-state index contributed by atoms with van der Waals surface area (Å²) in [7, 11) is 0. The van der Waals surface area contributed by atoms with Crippen molar-refractivity contribution in [3.05, 3.63) is 41.2 Å². The summed E-state index contributed by atoms with van der Waals surface area (Å²) in [5, 5.41) is 9.32. The lowest BCUT2D eigenvalue weighted by Gasteiger charge is -2.06. The summed E-state index contributed by atoms with van der Waals surface area (Å²) < 4.78 is 0. The van der Waals surface area contributed by atoms with Crippen molar-refractivity contribution < 1.29 is 4.79 Å². The van der Waals surface area contributed by atoms with E-state index in [0.717, 1.165) is 17.2 Å². The van der Waals surface area contributed by atoms with Crippen molar-refractivity contribution in [1.82, 2.24) is 25.5 Å². The van der Waals surface area contributed by atoms with Crippen LogP contribution >= 0.6 is 0 Å². The van der Waals surface area contributed by atoms with Crippen LogP contribution in [-0.4, -0.2) is 32.6 Å². The zero-order valence-electron chi connectivity index (χ0n) is 10.4. The van der Waals surface area contributed by atoms with Crippen LogP contribution in [0, 0.1) is 13.8 Å². The second-order valence-corrected chi connectivity index (χ2v) is 4.02. The molecule has 6 heteroatoms. The monoisotopic (exact) mass is 245 g/mol. The fourth-order valence-corrected chi connectivity index (χ4v) is 1.67. The van der Waals surface area contributed by atoms with E-state index in [-0.39, 0.29) is 5.91 Å². The molecule has 0 bridgehead atoms. The molecular formula is C12H15N5O. The molecule has 18 heavy (non-hydrogen) atoms. The van der Waals surface area contributed by atoms with E-state index >= 15 is 0 Å². The molecule has 94 valence electrons. The minimum absolute atomic E-state index is 0.112. The smallest absolute Gasteiger partial charge is 0.253 e. The normalized spacial score (nSPS) is 10.3. The van der Waals surface area contributed by atoms with Gasteiger partial charge < -0.3 is 5.32 Å². The first-order valence-electron chi connectivity index (χ1n) is 5.73. The summed E-state index contributed by atoms with van der Waals surface area (Å²) in [4.78, 5) is 20.2. The molecule has 0 aliphatic heterocycles. The Balaban J connectivity index is 1.91. The highest BCUT2D eigenvalue weighted by atomic mass is 16.1. The van der Waals surface area contributed by atoms with E-state index in [1.807, 2.05) is 19.9 Å². The molecule has 0 saturated carbocycles. The second kappa shape index (κ2) is 5.39. The highest BCUT2D eigenvalue weighted by Crippen LogP contribution is 2.06. The number of nitrogens with zero attached hydrogens (tertiary/aromatic N) is 3. The number of hydrogen-bond acceptors (Lipinski definition) is 4. The van der Waals surface area contributed by atoms with Gasteiger partial charge in [0.25, 0.3) is 5.91 Å². The molecule has 6 nitrogen and oxygen atoms in total. The van der Waals surface area contributed by atoms with Gasteiger partial charge in [-0.25, -0.2) is 4.98 Å². The van der Waals surface area contributed by atoms with Gasteiger partial charge in [0.15, 0.2) is 0 Å². The minimum atomic E-state index is -0.112. The highest BCUT2D eigenvalue weighted by Gasteiger charge is 2.09. The Morgan fingerprint density at radius 2 is 2.22 bits per heavy atom. The van der Waals surface area contributed by atoms with Crippen molar-refractivity contribution in [2.75, 3.05) is 6.54 Å². The Bertz CT molecular complexity index is 535. The van der Waals surface area contributed by atoms with Gasteiger partial charge in [-0.05, 0) is 26.0 Å². The lowest BCUT2D eigenvalue weighted by atomic mass is 10.1. The number of hydrogen-bond donors (Lipinski definition) is 2. The highest BCUT2D eigenvalue weighted by molar-refractivity contribution is 5.95. The Kier molecular flexibility index (Phi) is 3.66. The largest absolute Gasteiger partial charge is 0.352 e. The summed E-state index contributed by atoms with van der Waals surface area (Å²) in [6.07, 6.45) is 2.08. The maximum absolute atomic E-state index is 11.9. The van der Waals surface area contributed by atoms with E-state index in [1.54, 1.807) is 6.07 Å². The molecule has 0 saturated heterocycles. The topological polar surface area (TPSA) is 83.6 Å². The molecule has 0 atom stereocenters. The van der Waals surface area contributed by atoms with Crippen LogP contribution in [0.1, 0.15) is 27.6 Å². The number of rotatable bonds is 4. The number of carbonyl (C=O) groups is 1. The van der Waals surface area contributed by atoms with Gasteiger partial charge in [-0.3, -0.25) is 14.9 Å². The van der Waals surface area contributed by atoms with Gasteiger partial charge in [-0.15, -0.1) is 0 Å². The van der Waals surface area contributed by atoms with Crippen molar-refractivity contribution in [2.24, 2.45) is 0 Å². The second-order valence-electron chi connectivity index (χ2n) is 4.02. The van der Waals surface area contributed by atoms with Crippen LogP contribution in [0.2, 0.25) is 0 Å².